The number of carbonyl (C=O) groups is 1. The van der Waals surface area contributed by atoms with Crippen molar-refractivity contribution in [1.82, 2.24) is 14.5 Å². The van der Waals surface area contributed by atoms with Gasteiger partial charge in [-0.1, -0.05) is 37.5 Å². The minimum atomic E-state index is -3.61. The van der Waals surface area contributed by atoms with Crippen LogP contribution in [0.25, 0.3) is 0 Å². The monoisotopic (exact) mass is 395 g/mol. The van der Waals surface area contributed by atoms with Gasteiger partial charge in [0.25, 0.3) is 0 Å². The average Bonchev–Trinajstić information content (AvgIpc) is 2.64. The third kappa shape index (κ3) is 6.02. The van der Waals surface area contributed by atoms with Crippen LogP contribution in [0.1, 0.15) is 43.7 Å². The number of carbonyl (C=O) groups excluding carboxylic acids is 1. The van der Waals surface area contributed by atoms with Crippen LogP contribution in [0.5, 0.6) is 0 Å². The molecule has 1 fully saturated rings. The number of sulfonamides is 1. The van der Waals surface area contributed by atoms with E-state index in [-0.39, 0.29) is 18.9 Å². The Morgan fingerprint density at radius 3 is 2.48 bits per heavy atom. The Bertz CT molecular complexity index is 728. The molecule has 152 valence electrons. The Kier molecular flexibility index (Phi) is 8.26. The number of unbranched alkanes of at least 4 members (excludes halogenated alkanes) is 2. The number of nitrogens with zero attached hydrogens (tertiary/aromatic N) is 2. The number of hydrogen-bond donors (Lipinski definition) is 1. The van der Waals surface area contributed by atoms with E-state index >= 15 is 0 Å². The molecule has 0 radical (unpaired) electrons. The first-order valence-electron chi connectivity index (χ1n) is 9.92. The maximum Gasteiger partial charge on any atom is 0.243 e. The number of amides is 1. The Morgan fingerprint density at radius 2 is 1.85 bits per heavy atom. The lowest BCUT2D eigenvalue weighted by Crippen LogP contribution is -2.47. The molecule has 6 nitrogen and oxygen atoms in total. The van der Waals surface area contributed by atoms with Gasteiger partial charge in [-0.2, -0.15) is 4.31 Å². The van der Waals surface area contributed by atoms with Crippen LogP contribution in [-0.4, -0.2) is 62.8 Å². The number of nitrogens with one attached hydrogen (secondary N) is 1. The summed E-state index contributed by atoms with van der Waals surface area (Å²) in [7, 11) is -3.61. The lowest BCUT2D eigenvalue weighted by molar-refractivity contribution is -0.131. The lowest BCUT2D eigenvalue weighted by atomic mass is 10.2. The fraction of sp³-hybridized carbons (Fsp3) is 0.650. The maximum absolute atomic E-state index is 13.2. The fourth-order valence-corrected chi connectivity index (χ4v) is 5.10. The molecular formula is C20H33N3O3S. The van der Waals surface area contributed by atoms with Crippen LogP contribution in [-0.2, 0) is 14.8 Å². The number of aryl methyl sites for hydroxylation is 2. The first kappa shape index (κ1) is 21.9. The van der Waals surface area contributed by atoms with Gasteiger partial charge in [0.15, 0.2) is 0 Å². The van der Waals surface area contributed by atoms with E-state index in [0.29, 0.717) is 24.5 Å². The van der Waals surface area contributed by atoms with Gasteiger partial charge in [-0.3, -0.25) is 4.79 Å². The van der Waals surface area contributed by atoms with Gasteiger partial charge in [-0.25, -0.2) is 8.42 Å². The molecule has 0 spiro atoms. The molecule has 0 bridgehead atoms. The van der Waals surface area contributed by atoms with Crippen LogP contribution >= 0.6 is 0 Å². The number of hydrogen-bond acceptors (Lipinski definition) is 4. The quantitative estimate of drug-likeness (QED) is 0.652. The molecule has 1 aliphatic rings. The van der Waals surface area contributed by atoms with Crippen LogP contribution in [0.4, 0.5) is 0 Å². The summed E-state index contributed by atoms with van der Waals surface area (Å²) in [5.74, 6) is 0.0350. The van der Waals surface area contributed by atoms with E-state index in [1.165, 1.54) is 4.31 Å². The molecule has 0 saturated carbocycles. The molecule has 1 saturated heterocycles. The van der Waals surface area contributed by atoms with Gasteiger partial charge < -0.3 is 10.2 Å². The zero-order chi connectivity index (χ0) is 19.9. The first-order valence-corrected chi connectivity index (χ1v) is 11.4. The number of piperazine rings is 1. The van der Waals surface area contributed by atoms with E-state index in [1.54, 1.807) is 6.07 Å². The summed E-state index contributed by atoms with van der Waals surface area (Å²) in [5, 5.41) is 3.23. The van der Waals surface area contributed by atoms with Crippen molar-refractivity contribution in [3.05, 3.63) is 29.3 Å². The summed E-state index contributed by atoms with van der Waals surface area (Å²) in [6, 6.07) is 5.41. The molecule has 7 heteroatoms. The highest BCUT2D eigenvalue weighted by Crippen LogP contribution is 2.22. The van der Waals surface area contributed by atoms with E-state index in [0.717, 1.165) is 43.5 Å². The smallest absolute Gasteiger partial charge is 0.243 e. The molecule has 1 aromatic carbocycles. The predicted molar refractivity (Wildman–Crippen MR) is 108 cm³/mol. The molecular weight excluding hydrogens is 362 g/mol. The minimum absolute atomic E-state index is 0.0350. The van der Waals surface area contributed by atoms with Gasteiger partial charge in [0, 0.05) is 45.7 Å². The van der Waals surface area contributed by atoms with Crippen LogP contribution < -0.4 is 5.32 Å². The molecule has 1 heterocycles. The van der Waals surface area contributed by atoms with E-state index in [1.807, 2.05) is 30.9 Å². The number of rotatable bonds is 9. The zero-order valence-corrected chi connectivity index (χ0v) is 17.6. The van der Waals surface area contributed by atoms with Crippen molar-refractivity contribution in [3.63, 3.8) is 0 Å². The molecule has 1 amide bonds. The van der Waals surface area contributed by atoms with Crippen molar-refractivity contribution in [2.45, 2.75) is 51.3 Å². The summed E-state index contributed by atoms with van der Waals surface area (Å²) >= 11 is 0. The Balaban J connectivity index is 2.13. The van der Waals surface area contributed by atoms with Crippen LogP contribution in [0.15, 0.2) is 23.1 Å². The summed E-state index contributed by atoms with van der Waals surface area (Å²) in [6.07, 6.45) is 3.04. The standard InChI is InChI=1S/C20H33N3O3S/c1-4-5-6-12-23(13-9-20(24)22-14-10-21-11-15-22)27(25,26)19-8-7-17(2)16-18(19)3/h7-8,16,21H,4-6,9-15H2,1-3H3. The largest absolute Gasteiger partial charge is 0.340 e. The molecule has 2 rings (SSSR count). The second-order valence-corrected chi connectivity index (χ2v) is 9.17. The van der Waals surface area contributed by atoms with Crippen LogP contribution in [0.2, 0.25) is 0 Å². The molecule has 1 N–H and O–H groups in total. The third-order valence-electron chi connectivity index (χ3n) is 5.00. The second kappa shape index (κ2) is 10.2. The van der Waals surface area contributed by atoms with Crippen molar-refractivity contribution in [1.29, 1.82) is 0 Å². The highest BCUT2D eigenvalue weighted by molar-refractivity contribution is 7.89. The van der Waals surface area contributed by atoms with Crippen molar-refractivity contribution < 1.29 is 13.2 Å². The average molecular weight is 396 g/mol. The van der Waals surface area contributed by atoms with Gasteiger partial charge in [-0.15, -0.1) is 0 Å². The van der Waals surface area contributed by atoms with E-state index in [2.05, 4.69) is 12.2 Å². The highest BCUT2D eigenvalue weighted by atomic mass is 32.2. The minimum Gasteiger partial charge on any atom is -0.340 e. The van der Waals surface area contributed by atoms with Crippen molar-refractivity contribution in [2.24, 2.45) is 0 Å². The zero-order valence-electron chi connectivity index (χ0n) is 16.8. The highest BCUT2D eigenvalue weighted by Gasteiger charge is 2.27. The maximum atomic E-state index is 13.2. The molecule has 0 unspecified atom stereocenters. The Hall–Kier alpha value is -1.44. The van der Waals surface area contributed by atoms with E-state index in [9.17, 15) is 13.2 Å². The third-order valence-corrected chi connectivity index (χ3v) is 7.06. The van der Waals surface area contributed by atoms with Crippen molar-refractivity contribution in [3.8, 4) is 0 Å². The van der Waals surface area contributed by atoms with Gasteiger partial charge in [-0.05, 0) is 31.9 Å². The lowest BCUT2D eigenvalue weighted by Gasteiger charge is -2.29. The molecule has 1 aromatic rings. The Labute approximate surface area is 164 Å². The van der Waals surface area contributed by atoms with Gasteiger partial charge in [0.1, 0.15) is 0 Å². The Morgan fingerprint density at radius 1 is 1.15 bits per heavy atom. The van der Waals surface area contributed by atoms with Crippen molar-refractivity contribution >= 4 is 15.9 Å². The van der Waals surface area contributed by atoms with Crippen molar-refractivity contribution in [2.75, 3.05) is 39.3 Å². The number of benzene rings is 1. The SMILES string of the molecule is CCCCCN(CCC(=O)N1CCNCC1)S(=O)(=O)c1ccc(C)cc1C. The summed E-state index contributed by atoms with van der Waals surface area (Å²) in [5.41, 5.74) is 1.79. The molecule has 1 aliphatic heterocycles. The van der Waals surface area contributed by atoms with Gasteiger partial charge in [0.2, 0.25) is 15.9 Å². The summed E-state index contributed by atoms with van der Waals surface area (Å²) in [6.45, 7) is 9.55. The van der Waals surface area contributed by atoms with E-state index in [4.69, 9.17) is 0 Å². The molecule has 27 heavy (non-hydrogen) atoms. The van der Waals surface area contributed by atoms with E-state index < -0.39 is 10.0 Å². The predicted octanol–water partition coefficient (Wildman–Crippen LogP) is 2.31. The van der Waals surface area contributed by atoms with Gasteiger partial charge >= 0.3 is 0 Å². The summed E-state index contributed by atoms with van der Waals surface area (Å²) < 4.78 is 28.0. The van der Waals surface area contributed by atoms with Crippen LogP contribution in [0.3, 0.4) is 0 Å². The topological polar surface area (TPSA) is 69.7 Å². The summed E-state index contributed by atoms with van der Waals surface area (Å²) in [4.78, 5) is 14.7. The van der Waals surface area contributed by atoms with Gasteiger partial charge in [0.05, 0.1) is 4.90 Å². The molecule has 0 aliphatic carbocycles. The van der Waals surface area contributed by atoms with Crippen LogP contribution in [0, 0.1) is 13.8 Å². The second-order valence-electron chi connectivity index (χ2n) is 7.26. The molecule has 0 atom stereocenters. The normalized spacial score (nSPS) is 15.3. The fourth-order valence-electron chi connectivity index (χ4n) is 3.41. The molecule has 0 aromatic heterocycles. The first-order chi connectivity index (χ1) is 12.9.